The smallest absolute Gasteiger partial charge is 0.0159 e. The summed E-state index contributed by atoms with van der Waals surface area (Å²) in [6.07, 6.45) is 0.878. The third-order valence-electron chi connectivity index (χ3n) is 12.0. The Morgan fingerprint density at radius 1 is 0.442 bits per heavy atom. The molecule has 52 heavy (non-hydrogen) atoms. The molecule has 0 atom stereocenters. The molecule has 10 rings (SSSR count). The van der Waals surface area contributed by atoms with Crippen LogP contribution in [0.15, 0.2) is 152 Å². The number of hydrogen-bond donors (Lipinski definition) is 0. The molecule has 0 fully saturated rings. The van der Waals surface area contributed by atoms with Gasteiger partial charge in [0.25, 0.3) is 0 Å². The van der Waals surface area contributed by atoms with Gasteiger partial charge in [0.2, 0.25) is 0 Å². The van der Waals surface area contributed by atoms with Gasteiger partial charge in [-0.25, -0.2) is 0 Å². The van der Waals surface area contributed by atoms with Crippen LogP contribution in [0.1, 0.15) is 62.4 Å². The van der Waals surface area contributed by atoms with Crippen molar-refractivity contribution in [1.82, 2.24) is 0 Å². The lowest BCUT2D eigenvalue weighted by Crippen LogP contribution is -2.14. The summed E-state index contributed by atoms with van der Waals surface area (Å²) >= 11 is 0. The molecule has 250 valence electrons. The van der Waals surface area contributed by atoms with Crippen LogP contribution in [0.5, 0.6) is 0 Å². The van der Waals surface area contributed by atoms with E-state index >= 15 is 0 Å². The Bertz CT molecular complexity index is 2840. The van der Waals surface area contributed by atoms with E-state index in [1.54, 1.807) is 0 Å². The molecule has 9 aromatic carbocycles. The largest absolute Gasteiger partial charge is 0.0622 e. The van der Waals surface area contributed by atoms with E-state index in [1.165, 1.54) is 104 Å². The molecule has 0 spiro atoms. The Hall–Kier alpha value is -5.72. The number of fused-ring (bicyclic) bond motifs is 4. The summed E-state index contributed by atoms with van der Waals surface area (Å²) in [6.45, 7) is 11.7. The van der Waals surface area contributed by atoms with Crippen LogP contribution >= 0.6 is 0 Å². The average molecular weight is 667 g/mol. The second-order valence-corrected chi connectivity index (χ2v) is 16.6. The molecule has 0 radical (unpaired) electrons. The lowest BCUT2D eigenvalue weighted by atomic mass is 9.81. The zero-order valence-electron chi connectivity index (χ0n) is 30.6. The van der Waals surface area contributed by atoms with E-state index in [0.29, 0.717) is 0 Å². The molecule has 1 aliphatic rings. The molecule has 0 unspecified atom stereocenters. The van der Waals surface area contributed by atoms with E-state index < -0.39 is 0 Å². The Labute approximate surface area is 306 Å². The van der Waals surface area contributed by atoms with Crippen LogP contribution in [-0.4, -0.2) is 0 Å². The van der Waals surface area contributed by atoms with Gasteiger partial charge in [0, 0.05) is 5.41 Å². The van der Waals surface area contributed by atoms with Gasteiger partial charge in [-0.3, -0.25) is 0 Å². The third kappa shape index (κ3) is 4.67. The number of hydrogen-bond acceptors (Lipinski definition) is 0. The molecule has 0 heterocycles. The predicted octanol–water partition coefficient (Wildman–Crippen LogP) is 14.3. The topological polar surface area (TPSA) is 0 Å². The van der Waals surface area contributed by atoms with E-state index in [-0.39, 0.29) is 10.8 Å². The maximum Gasteiger partial charge on any atom is 0.0159 e. The molecule has 1 aliphatic carbocycles. The number of benzene rings is 9. The van der Waals surface area contributed by atoms with E-state index in [0.717, 1.165) is 6.42 Å². The summed E-state index contributed by atoms with van der Waals surface area (Å²) in [4.78, 5) is 0. The van der Waals surface area contributed by atoms with Gasteiger partial charge in [-0.15, -0.1) is 0 Å². The highest BCUT2D eigenvalue weighted by Gasteiger charge is 2.35. The van der Waals surface area contributed by atoms with Crippen molar-refractivity contribution in [3.05, 3.63) is 179 Å². The van der Waals surface area contributed by atoms with Crippen molar-refractivity contribution in [1.29, 1.82) is 0 Å². The zero-order valence-corrected chi connectivity index (χ0v) is 30.6. The Morgan fingerprint density at radius 2 is 1.04 bits per heavy atom. The van der Waals surface area contributed by atoms with Crippen molar-refractivity contribution < 1.29 is 0 Å². The van der Waals surface area contributed by atoms with E-state index in [4.69, 9.17) is 0 Å². The molecule has 0 aromatic heterocycles. The van der Waals surface area contributed by atoms with Crippen molar-refractivity contribution in [3.63, 3.8) is 0 Å². The summed E-state index contributed by atoms with van der Waals surface area (Å²) in [5.41, 5.74) is 14.9. The normalized spacial score (nSPS) is 13.7. The fourth-order valence-corrected chi connectivity index (χ4v) is 9.20. The highest BCUT2D eigenvalue weighted by atomic mass is 14.4. The van der Waals surface area contributed by atoms with Crippen LogP contribution in [0.2, 0.25) is 0 Å². The highest BCUT2D eigenvalue weighted by Crippen LogP contribution is 2.50. The van der Waals surface area contributed by atoms with Gasteiger partial charge in [-0.05, 0) is 128 Å². The summed E-state index contributed by atoms with van der Waals surface area (Å²) < 4.78 is 0. The van der Waals surface area contributed by atoms with Gasteiger partial charge in [0.15, 0.2) is 0 Å². The van der Waals surface area contributed by atoms with Gasteiger partial charge < -0.3 is 0 Å². The summed E-state index contributed by atoms with van der Waals surface area (Å²) in [6, 6.07) is 57.6. The molecule has 0 saturated heterocycles. The molecular formula is C52H42. The summed E-state index contributed by atoms with van der Waals surface area (Å²) in [5, 5.41) is 10.6. The van der Waals surface area contributed by atoms with Gasteiger partial charge in [0.05, 0.1) is 0 Å². The Kier molecular flexibility index (Phi) is 6.65. The predicted molar refractivity (Wildman–Crippen MR) is 224 cm³/mol. The first-order chi connectivity index (χ1) is 25.1. The van der Waals surface area contributed by atoms with Crippen LogP contribution in [-0.2, 0) is 17.3 Å². The number of rotatable bonds is 4. The zero-order chi connectivity index (χ0) is 35.4. The van der Waals surface area contributed by atoms with E-state index in [2.05, 4.69) is 186 Å². The quantitative estimate of drug-likeness (QED) is 0.164. The van der Waals surface area contributed by atoms with E-state index in [9.17, 15) is 0 Å². The molecule has 9 aromatic rings. The fraction of sp³-hybridized carbons (Fsp3) is 0.154. The Balaban J connectivity index is 1.14. The average Bonchev–Trinajstić information content (AvgIpc) is 3.39. The SMILES string of the molecule is CC(C)(C)c1cc2ccc3ccc(-c4ccc5c(Cc6ccccc6)c(-c6ccc7c(c6)C(C)(C)c6ccccc6-7)ccc5c4)c4ccc(c1)c2c34. The molecular weight excluding hydrogens is 625 g/mol. The lowest BCUT2D eigenvalue weighted by Gasteiger charge is -2.23. The van der Waals surface area contributed by atoms with Crippen LogP contribution in [0, 0.1) is 0 Å². The van der Waals surface area contributed by atoms with Crippen LogP contribution in [0.25, 0.3) is 76.5 Å². The van der Waals surface area contributed by atoms with Gasteiger partial charge >= 0.3 is 0 Å². The second-order valence-electron chi connectivity index (χ2n) is 16.6. The molecule has 0 bridgehead atoms. The fourth-order valence-electron chi connectivity index (χ4n) is 9.20. The maximum absolute atomic E-state index is 2.47. The van der Waals surface area contributed by atoms with Crippen molar-refractivity contribution >= 4 is 43.1 Å². The second kappa shape index (κ2) is 11.1. The van der Waals surface area contributed by atoms with Gasteiger partial charge in [-0.1, -0.05) is 174 Å². The minimum atomic E-state index is -0.0389. The van der Waals surface area contributed by atoms with Gasteiger partial charge in [-0.2, -0.15) is 0 Å². The first-order valence-corrected chi connectivity index (χ1v) is 18.7. The molecule has 0 aliphatic heterocycles. The summed E-state index contributed by atoms with van der Waals surface area (Å²) in [5.74, 6) is 0. The standard InChI is InChI=1S/C52H42/c1-51(2,3)39-29-37-16-15-33-17-22-40(45-26-21-38(30-39)49(37)50(33)45)34-18-23-41-35(28-34)19-24-42(46(41)27-32-11-7-6-8-12-32)36-20-25-44-43-13-9-10-14-47(43)52(4,5)48(44)31-36/h6-26,28-31H,27H2,1-5H3. The van der Waals surface area contributed by atoms with Gasteiger partial charge in [0.1, 0.15) is 0 Å². The molecule has 0 heteroatoms. The van der Waals surface area contributed by atoms with Crippen molar-refractivity contribution in [2.24, 2.45) is 0 Å². The minimum Gasteiger partial charge on any atom is -0.0622 e. The first kappa shape index (κ1) is 31.1. The molecule has 0 N–H and O–H groups in total. The Morgan fingerprint density at radius 3 is 1.85 bits per heavy atom. The monoisotopic (exact) mass is 666 g/mol. The van der Waals surface area contributed by atoms with Crippen LogP contribution < -0.4 is 0 Å². The minimum absolute atomic E-state index is 0.0389. The summed E-state index contributed by atoms with van der Waals surface area (Å²) in [7, 11) is 0. The van der Waals surface area contributed by atoms with Crippen molar-refractivity contribution in [2.75, 3.05) is 0 Å². The molecule has 0 amide bonds. The maximum atomic E-state index is 2.47. The van der Waals surface area contributed by atoms with Crippen molar-refractivity contribution in [3.8, 4) is 33.4 Å². The lowest BCUT2D eigenvalue weighted by molar-refractivity contribution is 0.591. The molecule has 0 nitrogen and oxygen atoms in total. The van der Waals surface area contributed by atoms with Crippen LogP contribution in [0.3, 0.4) is 0 Å². The molecule has 0 saturated carbocycles. The third-order valence-corrected chi connectivity index (χ3v) is 12.0. The van der Waals surface area contributed by atoms with Crippen molar-refractivity contribution in [2.45, 2.75) is 51.9 Å². The highest BCUT2D eigenvalue weighted by molar-refractivity contribution is 6.25. The van der Waals surface area contributed by atoms with E-state index in [1.807, 2.05) is 0 Å². The first-order valence-electron chi connectivity index (χ1n) is 18.7. The van der Waals surface area contributed by atoms with Crippen LogP contribution in [0.4, 0.5) is 0 Å².